The van der Waals surface area contributed by atoms with Crippen molar-refractivity contribution in [2.24, 2.45) is 5.41 Å². The van der Waals surface area contributed by atoms with Crippen LogP contribution in [0, 0.1) is 16.7 Å². The van der Waals surface area contributed by atoms with E-state index in [9.17, 15) is 5.26 Å². The van der Waals surface area contributed by atoms with Crippen molar-refractivity contribution < 1.29 is 0 Å². The minimum Gasteiger partial charge on any atom is -0.317 e. The largest absolute Gasteiger partial charge is 0.317 e. The summed E-state index contributed by atoms with van der Waals surface area (Å²) in [5.74, 6) is 0.866. The SMILES string of the molecule is CCC1(C)/C=C/C(Cl)=C\CC=C1N1CSC(=CC(C#N)n2ccnc2)S1. The summed E-state index contributed by atoms with van der Waals surface area (Å²) in [7, 11) is 0. The fraction of sp³-hybridized carbons (Fsp3) is 0.368. The first-order chi connectivity index (χ1) is 12.6. The van der Waals surface area contributed by atoms with Gasteiger partial charge in [0.05, 0.1) is 22.5 Å². The second kappa shape index (κ2) is 8.43. The molecular formula is C19H21ClN4S2. The van der Waals surface area contributed by atoms with Crippen LogP contribution in [0.5, 0.6) is 0 Å². The molecule has 1 fully saturated rings. The van der Waals surface area contributed by atoms with Crippen molar-refractivity contribution in [3.8, 4) is 6.07 Å². The number of thioether (sulfide) groups is 1. The topological polar surface area (TPSA) is 44.9 Å². The highest BCUT2D eigenvalue weighted by molar-refractivity contribution is 8.23. The van der Waals surface area contributed by atoms with Gasteiger partial charge in [0.1, 0.15) is 6.04 Å². The molecule has 0 bridgehead atoms. The molecule has 2 unspecified atom stereocenters. The van der Waals surface area contributed by atoms with Crippen LogP contribution in [-0.2, 0) is 0 Å². The lowest BCUT2D eigenvalue weighted by molar-refractivity contribution is 0.410. The van der Waals surface area contributed by atoms with Gasteiger partial charge >= 0.3 is 0 Å². The van der Waals surface area contributed by atoms with E-state index in [0.717, 1.165) is 28.0 Å². The Hall–Kier alpha value is -1.55. The number of imidazole rings is 1. The Labute approximate surface area is 168 Å². The van der Waals surface area contributed by atoms with Gasteiger partial charge in [-0.05, 0) is 36.9 Å². The van der Waals surface area contributed by atoms with Gasteiger partial charge in [0.25, 0.3) is 0 Å². The van der Waals surface area contributed by atoms with E-state index in [1.807, 2.05) is 29.0 Å². The average molecular weight is 405 g/mol. The maximum atomic E-state index is 9.47. The van der Waals surface area contributed by atoms with Gasteiger partial charge in [0, 0.05) is 28.5 Å². The molecule has 2 atom stereocenters. The predicted molar refractivity (Wildman–Crippen MR) is 111 cm³/mol. The highest BCUT2D eigenvalue weighted by Gasteiger charge is 2.33. The third-order valence-corrected chi connectivity index (χ3v) is 7.31. The van der Waals surface area contributed by atoms with Gasteiger partial charge < -0.3 is 8.87 Å². The zero-order chi connectivity index (χ0) is 18.6. The Balaban J connectivity index is 1.81. The van der Waals surface area contributed by atoms with Gasteiger partial charge in [-0.25, -0.2) is 4.98 Å². The Morgan fingerprint density at radius 2 is 2.35 bits per heavy atom. The normalized spacial score (nSPS) is 29.3. The third kappa shape index (κ3) is 4.22. The number of hydrogen-bond donors (Lipinski definition) is 0. The van der Waals surface area contributed by atoms with E-state index >= 15 is 0 Å². The summed E-state index contributed by atoms with van der Waals surface area (Å²) in [4.78, 5) is 4.04. The van der Waals surface area contributed by atoms with Crippen LogP contribution in [0.1, 0.15) is 32.7 Å². The van der Waals surface area contributed by atoms with Crippen LogP contribution in [-0.4, -0.2) is 19.7 Å². The molecule has 4 nitrogen and oxygen atoms in total. The Bertz CT molecular complexity index is 804. The monoisotopic (exact) mass is 404 g/mol. The van der Waals surface area contributed by atoms with Crippen LogP contribution in [0.3, 0.4) is 0 Å². The molecule has 1 aromatic heterocycles. The first-order valence-corrected chi connectivity index (χ1v) is 10.6. The van der Waals surface area contributed by atoms with E-state index in [0.29, 0.717) is 0 Å². The van der Waals surface area contributed by atoms with Crippen LogP contribution in [0.2, 0.25) is 0 Å². The van der Waals surface area contributed by atoms with E-state index < -0.39 is 0 Å². The summed E-state index contributed by atoms with van der Waals surface area (Å²) < 4.78 is 5.29. The summed E-state index contributed by atoms with van der Waals surface area (Å²) in [6, 6.07) is 1.99. The third-order valence-electron chi connectivity index (χ3n) is 4.62. The molecule has 1 aliphatic carbocycles. The molecule has 2 heterocycles. The molecule has 1 saturated heterocycles. The van der Waals surface area contributed by atoms with Crippen molar-refractivity contribution in [1.82, 2.24) is 13.9 Å². The number of rotatable bonds is 4. The maximum absolute atomic E-state index is 9.47. The lowest BCUT2D eigenvalue weighted by Crippen LogP contribution is -2.26. The molecule has 26 heavy (non-hydrogen) atoms. The Kier molecular flexibility index (Phi) is 6.23. The van der Waals surface area contributed by atoms with Crippen molar-refractivity contribution in [1.29, 1.82) is 5.26 Å². The van der Waals surface area contributed by atoms with Gasteiger partial charge in [-0.15, -0.1) is 0 Å². The highest BCUT2D eigenvalue weighted by Crippen LogP contribution is 2.49. The van der Waals surface area contributed by atoms with Gasteiger partial charge in [-0.2, -0.15) is 5.26 Å². The fourth-order valence-electron chi connectivity index (χ4n) is 2.85. The van der Waals surface area contributed by atoms with Gasteiger partial charge in [-0.1, -0.05) is 55.4 Å². The number of halogens is 1. The molecule has 1 aromatic rings. The zero-order valence-corrected chi connectivity index (χ0v) is 17.2. The standard InChI is InChI=1S/C19H21ClN4S2/c1-3-19(2)8-7-15(20)5-4-6-17(19)24-14-25-18(26-24)11-16(12-21)23-10-9-22-13-23/h5-11,13,16H,3-4,14H2,1-2H3/b8-7+,15-5+,17-6?,18-11?. The van der Waals surface area contributed by atoms with Crippen molar-refractivity contribution in [3.05, 3.63) is 64.1 Å². The molecule has 0 saturated carbocycles. The molecular weight excluding hydrogens is 384 g/mol. The molecule has 0 spiro atoms. The van der Waals surface area contributed by atoms with Crippen LogP contribution in [0.25, 0.3) is 0 Å². The molecule has 136 valence electrons. The molecule has 2 aliphatic rings. The molecule has 0 radical (unpaired) electrons. The molecule has 0 aromatic carbocycles. The highest BCUT2D eigenvalue weighted by atomic mass is 35.5. The lowest BCUT2D eigenvalue weighted by Gasteiger charge is -2.34. The van der Waals surface area contributed by atoms with E-state index in [1.54, 1.807) is 36.2 Å². The quantitative estimate of drug-likeness (QED) is 0.591. The van der Waals surface area contributed by atoms with Crippen LogP contribution in [0.4, 0.5) is 0 Å². The first-order valence-electron chi connectivity index (χ1n) is 8.48. The van der Waals surface area contributed by atoms with E-state index in [1.165, 1.54) is 5.70 Å². The smallest absolute Gasteiger partial charge is 0.142 e. The van der Waals surface area contributed by atoms with E-state index in [-0.39, 0.29) is 11.5 Å². The predicted octanol–water partition coefficient (Wildman–Crippen LogP) is 5.83. The summed E-state index contributed by atoms with van der Waals surface area (Å²) >= 11 is 9.68. The fourth-order valence-corrected chi connectivity index (χ4v) is 5.41. The Morgan fingerprint density at radius 1 is 1.50 bits per heavy atom. The lowest BCUT2D eigenvalue weighted by atomic mass is 9.82. The van der Waals surface area contributed by atoms with Crippen molar-refractivity contribution in [2.75, 3.05) is 5.88 Å². The molecule has 1 aliphatic heterocycles. The van der Waals surface area contributed by atoms with Crippen LogP contribution in [0.15, 0.2) is 64.1 Å². The number of aromatic nitrogens is 2. The van der Waals surface area contributed by atoms with Crippen LogP contribution < -0.4 is 0 Å². The second-order valence-corrected chi connectivity index (χ2v) is 9.08. The second-order valence-electron chi connectivity index (χ2n) is 6.33. The number of allylic oxidation sites excluding steroid dienone is 6. The Morgan fingerprint density at radius 3 is 3.04 bits per heavy atom. The van der Waals surface area contributed by atoms with Gasteiger partial charge in [0.2, 0.25) is 0 Å². The van der Waals surface area contributed by atoms with E-state index in [2.05, 4.69) is 41.4 Å². The van der Waals surface area contributed by atoms with Gasteiger partial charge in [-0.3, -0.25) is 0 Å². The van der Waals surface area contributed by atoms with E-state index in [4.69, 9.17) is 11.6 Å². The number of nitrogens with zero attached hydrogens (tertiary/aromatic N) is 4. The van der Waals surface area contributed by atoms with Crippen molar-refractivity contribution in [2.45, 2.75) is 32.7 Å². The zero-order valence-electron chi connectivity index (χ0n) is 14.8. The summed E-state index contributed by atoms with van der Waals surface area (Å²) in [5.41, 5.74) is 1.24. The van der Waals surface area contributed by atoms with Crippen molar-refractivity contribution >= 4 is 35.3 Å². The molecule has 7 heteroatoms. The number of hydrogen-bond acceptors (Lipinski definition) is 5. The first kappa shape index (κ1) is 19.2. The van der Waals surface area contributed by atoms with Gasteiger partial charge in [0.15, 0.2) is 0 Å². The molecule has 0 N–H and O–H groups in total. The summed E-state index contributed by atoms with van der Waals surface area (Å²) in [6.45, 7) is 4.45. The molecule has 0 amide bonds. The van der Waals surface area contributed by atoms with Crippen molar-refractivity contribution in [3.63, 3.8) is 0 Å². The maximum Gasteiger partial charge on any atom is 0.142 e. The van der Waals surface area contributed by atoms with Crippen LogP contribution >= 0.6 is 35.3 Å². The average Bonchev–Trinajstić information content (AvgIpc) is 3.32. The minimum absolute atomic E-state index is 0.0591. The summed E-state index contributed by atoms with van der Waals surface area (Å²) in [5, 5.41) is 10.3. The molecule has 3 rings (SSSR count). The number of nitriles is 1. The minimum atomic E-state index is -0.335. The summed E-state index contributed by atoms with van der Waals surface area (Å²) in [6.07, 6.45) is 17.5.